The molecule has 0 heterocycles. The number of hydrogen-bond donors (Lipinski definition) is 2. The fraction of sp³-hybridized carbons (Fsp3) is 0.417. The lowest BCUT2D eigenvalue weighted by Gasteiger charge is -2.15. The van der Waals surface area contributed by atoms with Gasteiger partial charge in [-0.2, -0.15) is 0 Å². The van der Waals surface area contributed by atoms with Gasteiger partial charge in [-0.3, -0.25) is 4.79 Å². The van der Waals surface area contributed by atoms with E-state index in [-0.39, 0.29) is 18.2 Å². The summed E-state index contributed by atoms with van der Waals surface area (Å²) < 4.78 is 23.3. The van der Waals surface area contributed by atoms with Crippen LogP contribution in [0.5, 0.6) is 5.75 Å². The molecule has 0 aliphatic rings. The molecule has 5 nitrogen and oxygen atoms in total. The highest BCUT2D eigenvalue weighted by molar-refractivity contribution is 5.97. The number of benzene rings is 1. The highest BCUT2D eigenvalue weighted by Crippen LogP contribution is 2.19. The molecule has 6 heteroatoms. The van der Waals surface area contributed by atoms with Crippen LogP contribution in [-0.2, 0) is 9.47 Å². The van der Waals surface area contributed by atoms with Crippen LogP contribution in [0.4, 0.5) is 4.39 Å². The van der Waals surface area contributed by atoms with Gasteiger partial charge in [0.05, 0.1) is 12.7 Å². The maximum Gasteiger partial charge on any atom is 0.258 e. The van der Waals surface area contributed by atoms with Crippen molar-refractivity contribution in [2.45, 2.75) is 6.10 Å². The van der Waals surface area contributed by atoms with E-state index >= 15 is 0 Å². The summed E-state index contributed by atoms with van der Waals surface area (Å²) in [7, 11) is 2.99. The lowest BCUT2D eigenvalue weighted by Crippen LogP contribution is -2.36. The summed E-state index contributed by atoms with van der Waals surface area (Å²) in [6, 6.07) is 3.68. The van der Waals surface area contributed by atoms with Crippen LogP contribution < -0.4 is 5.32 Å². The van der Waals surface area contributed by atoms with Crippen LogP contribution in [0.2, 0.25) is 0 Å². The zero-order valence-corrected chi connectivity index (χ0v) is 10.3. The van der Waals surface area contributed by atoms with Crippen molar-refractivity contribution in [2.24, 2.45) is 0 Å². The van der Waals surface area contributed by atoms with E-state index in [1.165, 1.54) is 26.4 Å². The van der Waals surface area contributed by atoms with E-state index in [4.69, 9.17) is 9.47 Å². The van der Waals surface area contributed by atoms with E-state index < -0.39 is 17.5 Å². The summed E-state index contributed by atoms with van der Waals surface area (Å²) in [4.78, 5) is 11.7. The van der Waals surface area contributed by atoms with Gasteiger partial charge in [-0.25, -0.2) is 4.39 Å². The molecule has 0 aliphatic carbocycles. The van der Waals surface area contributed by atoms with Crippen LogP contribution >= 0.6 is 0 Å². The van der Waals surface area contributed by atoms with Gasteiger partial charge in [-0.05, 0) is 12.1 Å². The molecule has 0 aliphatic heterocycles. The second-order valence-corrected chi connectivity index (χ2v) is 3.66. The van der Waals surface area contributed by atoms with Crippen molar-refractivity contribution < 1.29 is 23.8 Å². The van der Waals surface area contributed by atoms with Gasteiger partial charge in [0.2, 0.25) is 0 Å². The Hall–Kier alpha value is -1.66. The van der Waals surface area contributed by atoms with Crippen LogP contribution in [0.3, 0.4) is 0 Å². The topological polar surface area (TPSA) is 67.8 Å². The molecule has 1 aromatic rings. The summed E-state index contributed by atoms with van der Waals surface area (Å²) in [5, 5.41) is 11.9. The number of nitrogens with one attached hydrogen (secondary N) is 1. The molecule has 0 fully saturated rings. The van der Waals surface area contributed by atoms with Crippen molar-refractivity contribution in [2.75, 3.05) is 27.4 Å². The first-order valence-corrected chi connectivity index (χ1v) is 5.37. The largest absolute Gasteiger partial charge is 0.507 e. The van der Waals surface area contributed by atoms with Gasteiger partial charge < -0.3 is 19.9 Å². The van der Waals surface area contributed by atoms with E-state index in [1.807, 2.05) is 0 Å². The number of carbonyl (C=O) groups excluding carboxylic acids is 1. The molecule has 18 heavy (non-hydrogen) atoms. The Morgan fingerprint density at radius 3 is 2.78 bits per heavy atom. The van der Waals surface area contributed by atoms with Gasteiger partial charge in [0.25, 0.3) is 5.91 Å². The first kappa shape index (κ1) is 14.4. The van der Waals surface area contributed by atoms with Crippen molar-refractivity contribution in [3.63, 3.8) is 0 Å². The number of phenolic OH excluding ortho intramolecular Hbond substituents is 1. The maximum absolute atomic E-state index is 13.4. The number of halogens is 1. The van der Waals surface area contributed by atoms with Gasteiger partial charge in [-0.1, -0.05) is 6.07 Å². The smallest absolute Gasteiger partial charge is 0.258 e. The van der Waals surface area contributed by atoms with Gasteiger partial charge in [-0.15, -0.1) is 0 Å². The zero-order valence-electron chi connectivity index (χ0n) is 10.3. The summed E-state index contributed by atoms with van der Waals surface area (Å²) in [5.41, 5.74) is -0.371. The van der Waals surface area contributed by atoms with E-state index in [0.29, 0.717) is 6.61 Å². The molecule has 1 rings (SSSR count). The molecule has 1 aromatic carbocycles. The van der Waals surface area contributed by atoms with Gasteiger partial charge in [0.15, 0.2) is 0 Å². The minimum absolute atomic E-state index is 0.164. The molecule has 0 aromatic heterocycles. The van der Waals surface area contributed by atoms with Gasteiger partial charge in [0, 0.05) is 20.8 Å². The Morgan fingerprint density at radius 1 is 1.50 bits per heavy atom. The molecule has 0 saturated heterocycles. The van der Waals surface area contributed by atoms with Crippen molar-refractivity contribution in [1.29, 1.82) is 0 Å². The highest BCUT2D eigenvalue weighted by Gasteiger charge is 2.17. The third kappa shape index (κ3) is 3.68. The number of carbonyl (C=O) groups is 1. The number of phenols is 1. The lowest BCUT2D eigenvalue weighted by molar-refractivity contribution is 0.0285. The molecule has 0 bridgehead atoms. The van der Waals surface area contributed by atoms with Crippen molar-refractivity contribution >= 4 is 5.91 Å². The van der Waals surface area contributed by atoms with E-state index in [9.17, 15) is 14.3 Å². The van der Waals surface area contributed by atoms with Gasteiger partial charge >= 0.3 is 0 Å². The summed E-state index contributed by atoms with van der Waals surface area (Å²) in [5.74, 6) is -1.86. The minimum atomic E-state index is -0.770. The predicted octanol–water partition coefficient (Wildman–Crippen LogP) is 0.922. The lowest BCUT2D eigenvalue weighted by atomic mass is 10.1. The number of methoxy groups -OCH3 is 2. The number of aromatic hydroxyl groups is 1. The van der Waals surface area contributed by atoms with E-state index in [1.54, 1.807) is 0 Å². The first-order chi connectivity index (χ1) is 8.60. The first-order valence-electron chi connectivity index (χ1n) is 5.37. The Labute approximate surface area is 105 Å². The number of hydrogen-bond acceptors (Lipinski definition) is 4. The molecule has 0 radical (unpaired) electrons. The SMILES string of the molecule is COCC(CNC(=O)c1c(O)cccc1F)OC. The molecule has 0 saturated carbocycles. The predicted molar refractivity (Wildman–Crippen MR) is 63.1 cm³/mol. The van der Waals surface area contributed by atoms with Crippen molar-refractivity contribution in [3.05, 3.63) is 29.6 Å². The molecule has 1 unspecified atom stereocenters. The summed E-state index contributed by atoms with van der Waals surface area (Å²) in [6.07, 6.45) is -0.326. The van der Waals surface area contributed by atoms with Crippen LogP contribution in [0, 0.1) is 5.82 Å². The maximum atomic E-state index is 13.4. The van der Waals surface area contributed by atoms with Crippen LogP contribution in [0.15, 0.2) is 18.2 Å². The molecule has 2 N–H and O–H groups in total. The Bertz CT molecular complexity index is 391. The zero-order chi connectivity index (χ0) is 13.5. The number of rotatable bonds is 6. The summed E-state index contributed by atoms with van der Waals surface area (Å²) in [6.45, 7) is 0.469. The Balaban J connectivity index is 2.65. The van der Waals surface area contributed by atoms with E-state index in [2.05, 4.69) is 5.32 Å². The molecule has 100 valence electrons. The van der Waals surface area contributed by atoms with Crippen molar-refractivity contribution in [1.82, 2.24) is 5.32 Å². The quantitative estimate of drug-likeness (QED) is 0.795. The molecule has 1 atom stereocenters. The summed E-state index contributed by atoms with van der Waals surface area (Å²) >= 11 is 0. The Morgan fingerprint density at radius 2 is 2.22 bits per heavy atom. The average Bonchev–Trinajstić information content (AvgIpc) is 2.34. The van der Waals surface area contributed by atoms with Crippen LogP contribution in [-0.4, -0.2) is 44.5 Å². The monoisotopic (exact) mass is 257 g/mol. The second-order valence-electron chi connectivity index (χ2n) is 3.66. The molecule has 0 spiro atoms. The number of amides is 1. The molecule has 1 amide bonds. The van der Waals surface area contributed by atoms with E-state index in [0.717, 1.165) is 6.07 Å². The third-order valence-electron chi connectivity index (χ3n) is 2.39. The second kappa shape index (κ2) is 6.93. The highest BCUT2D eigenvalue weighted by atomic mass is 19.1. The molecular formula is C12H16FNO4. The average molecular weight is 257 g/mol. The normalized spacial score (nSPS) is 12.2. The van der Waals surface area contributed by atoms with Crippen molar-refractivity contribution in [3.8, 4) is 5.75 Å². The van der Waals surface area contributed by atoms with Crippen LogP contribution in [0.25, 0.3) is 0 Å². The number of ether oxygens (including phenoxy) is 2. The fourth-order valence-electron chi connectivity index (χ4n) is 1.43. The standard InChI is InChI=1S/C12H16FNO4/c1-17-7-8(18-2)6-14-12(16)11-9(13)4-3-5-10(11)15/h3-5,8,15H,6-7H2,1-2H3,(H,14,16). The molecular weight excluding hydrogens is 241 g/mol. The Kier molecular flexibility index (Phi) is 5.54. The van der Waals surface area contributed by atoms with Crippen LogP contribution in [0.1, 0.15) is 10.4 Å². The fourth-order valence-corrected chi connectivity index (χ4v) is 1.43. The van der Waals surface area contributed by atoms with Gasteiger partial charge in [0.1, 0.15) is 17.1 Å². The minimum Gasteiger partial charge on any atom is -0.507 e. The third-order valence-corrected chi connectivity index (χ3v) is 2.39.